The fourth-order valence-electron chi connectivity index (χ4n) is 1.22. The van der Waals surface area contributed by atoms with Crippen molar-refractivity contribution < 1.29 is 14.3 Å². The van der Waals surface area contributed by atoms with Gasteiger partial charge in [0.1, 0.15) is 5.60 Å². The molecule has 0 aliphatic heterocycles. The van der Waals surface area contributed by atoms with Gasteiger partial charge in [0.05, 0.1) is 6.61 Å². The number of ether oxygens (including phenoxy) is 2. The van der Waals surface area contributed by atoms with Crippen LogP contribution in [0.5, 0.6) is 0 Å². The molecule has 1 atom stereocenters. The summed E-state index contributed by atoms with van der Waals surface area (Å²) in [6, 6.07) is 0.0374. The second kappa shape index (κ2) is 8.31. The van der Waals surface area contributed by atoms with E-state index in [0.29, 0.717) is 19.8 Å². The second-order valence-electron chi connectivity index (χ2n) is 4.99. The zero-order valence-electron chi connectivity index (χ0n) is 11.4. The summed E-state index contributed by atoms with van der Waals surface area (Å²) in [4.78, 5) is 11.3. The molecule has 3 N–H and O–H groups in total. The third-order valence-corrected chi connectivity index (χ3v) is 1.96. The third-order valence-electron chi connectivity index (χ3n) is 1.96. The second-order valence-corrected chi connectivity index (χ2v) is 4.99. The predicted octanol–water partition coefficient (Wildman–Crippen LogP) is 1.66. The van der Waals surface area contributed by atoms with Crippen molar-refractivity contribution in [2.75, 3.05) is 19.8 Å². The number of nitrogens with two attached hydrogens (primary N) is 1. The van der Waals surface area contributed by atoms with E-state index < -0.39 is 5.60 Å². The summed E-state index contributed by atoms with van der Waals surface area (Å²) in [5.74, 6) is 0. The molecule has 0 spiro atoms. The monoisotopic (exact) mass is 246 g/mol. The molecule has 17 heavy (non-hydrogen) atoms. The van der Waals surface area contributed by atoms with E-state index in [1.807, 2.05) is 27.7 Å². The lowest BCUT2D eigenvalue weighted by atomic mass is 10.2. The van der Waals surface area contributed by atoms with Gasteiger partial charge in [-0.1, -0.05) is 0 Å². The van der Waals surface area contributed by atoms with Crippen LogP contribution in [0, 0.1) is 0 Å². The number of hydrogen-bond acceptors (Lipinski definition) is 4. The number of rotatable bonds is 7. The van der Waals surface area contributed by atoms with Gasteiger partial charge in [-0.2, -0.15) is 0 Å². The average Bonchev–Trinajstić information content (AvgIpc) is 2.19. The Hall–Kier alpha value is -0.810. The van der Waals surface area contributed by atoms with Crippen LogP contribution in [0.4, 0.5) is 4.79 Å². The summed E-state index contributed by atoms with van der Waals surface area (Å²) in [6.07, 6.45) is 1.28. The lowest BCUT2D eigenvalue weighted by Gasteiger charge is -2.19. The first-order chi connectivity index (χ1) is 7.85. The van der Waals surface area contributed by atoms with Crippen LogP contribution in [-0.4, -0.2) is 37.5 Å². The zero-order valence-corrected chi connectivity index (χ0v) is 11.4. The number of alkyl carbamates (subject to hydrolysis) is 1. The molecule has 5 nitrogen and oxygen atoms in total. The maximum atomic E-state index is 11.3. The minimum absolute atomic E-state index is 0.0374. The molecule has 102 valence electrons. The summed E-state index contributed by atoms with van der Waals surface area (Å²) >= 11 is 0. The van der Waals surface area contributed by atoms with Crippen LogP contribution in [0.25, 0.3) is 0 Å². The number of amides is 1. The Balaban J connectivity index is 3.48. The molecule has 0 rings (SSSR count). The molecule has 1 unspecified atom stereocenters. The first-order valence-corrected chi connectivity index (χ1v) is 6.15. The van der Waals surface area contributed by atoms with Crippen molar-refractivity contribution in [3.8, 4) is 0 Å². The largest absolute Gasteiger partial charge is 0.444 e. The van der Waals surface area contributed by atoms with Crippen molar-refractivity contribution in [3.05, 3.63) is 0 Å². The highest BCUT2D eigenvalue weighted by molar-refractivity contribution is 5.67. The van der Waals surface area contributed by atoms with E-state index in [1.165, 1.54) is 0 Å². The van der Waals surface area contributed by atoms with Gasteiger partial charge in [-0.15, -0.1) is 0 Å². The highest BCUT2D eigenvalue weighted by Gasteiger charge is 2.15. The molecule has 0 fully saturated rings. The van der Waals surface area contributed by atoms with Crippen molar-refractivity contribution >= 4 is 6.09 Å². The normalized spacial score (nSPS) is 13.2. The molecule has 1 amide bonds. The van der Waals surface area contributed by atoms with Crippen molar-refractivity contribution in [2.45, 2.75) is 52.2 Å². The summed E-state index contributed by atoms with van der Waals surface area (Å²) in [5.41, 5.74) is 5.36. The van der Waals surface area contributed by atoms with Gasteiger partial charge in [-0.05, 0) is 40.5 Å². The van der Waals surface area contributed by atoms with Crippen LogP contribution in [0.3, 0.4) is 0 Å². The Labute approximate surface area is 104 Å². The molecule has 0 aliphatic carbocycles. The van der Waals surface area contributed by atoms with Crippen LogP contribution < -0.4 is 11.1 Å². The van der Waals surface area contributed by atoms with Crippen LogP contribution in [-0.2, 0) is 9.47 Å². The van der Waals surface area contributed by atoms with E-state index in [0.717, 1.165) is 12.8 Å². The average molecular weight is 246 g/mol. The Morgan fingerprint density at radius 3 is 2.59 bits per heavy atom. The zero-order chi connectivity index (χ0) is 13.3. The van der Waals surface area contributed by atoms with E-state index in [9.17, 15) is 4.79 Å². The maximum absolute atomic E-state index is 11.3. The molecule has 0 aromatic heterocycles. The Morgan fingerprint density at radius 1 is 1.41 bits per heavy atom. The summed E-state index contributed by atoms with van der Waals surface area (Å²) in [5, 5.41) is 2.69. The summed E-state index contributed by atoms with van der Waals surface area (Å²) < 4.78 is 10.3. The van der Waals surface area contributed by atoms with Crippen LogP contribution >= 0.6 is 0 Å². The van der Waals surface area contributed by atoms with Gasteiger partial charge in [0.15, 0.2) is 0 Å². The quantitative estimate of drug-likeness (QED) is 0.670. The van der Waals surface area contributed by atoms with Crippen molar-refractivity contribution in [3.63, 3.8) is 0 Å². The predicted molar refractivity (Wildman–Crippen MR) is 67.9 cm³/mol. The van der Waals surface area contributed by atoms with Crippen LogP contribution in [0.1, 0.15) is 40.5 Å². The van der Waals surface area contributed by atoms with E-state index in [1.54, 1.807) is 0 Å². The van der Waals surface area contributed by atoms with E-state index in [-0.39, 0.29) is 12.1 Å². The van der Waals surface area contributed by atoms with Gasteiger partial charge in [0, 0.05) is 19.2 Å². The molecule has 0 bridgehead atoms. The smallest absolute Gasteiger partial charge is 0.407 e. The van der Waals surface area contributed by atoms with E-state index >= 15 is 0 Å². The lowest BCUT2D eigenvalue weighted by Crippen LogP contribution is -2.34. The van der Waals surface area contributed by atoms with Gasteiger partial charge in [0.2, 0.25) is 0 Å². The van der Waals surface area contributed by atoms with Gasteiger partial charge < -0.3 is 20.5 Å². The first kappa shape index (κ1) is 16.2. The van der Waals surface area contributed by atoms with E-state index in [4.69, 9.17) is 15.2 Å². The fourth-order valence-corrected chi connectivity index (χ4v) is 1.22. The van der Waals surface area contributed by atoms with Crippen LogP contribution in [0.15, 0.2) is 0 Å². The minimum Gasteiger partial charge on any atom is -0.444 e. The molecular weight excluding hydrogens is 220 g/mol. The minimum atomic E-state index is -0.449. The van der Waals surface area contributed by atoms with Gasteiger partial charge in [0.25, 0.3) is 0 Å². The van der Waals surface area contributed by atoms with Crippen LogP contribution in [0.2, 0.25) is 0 Å². The molecule has 0 heterocycles. The van der Waals surface area contributed by atoms with Crippen molar-refractivity contribution in [1.29, 1.82) is 0 Å². The number of hydrogen-bond donors (Lipinski definition) is 2. The van der Waals surface area contributed by atoms with Gasteiger partial charge >= 0.3 is 6.09 Å². The number of nitrogens with one attached hydrogen (secondary N) is 1. The lowest BCUT2D eigenvalue weighted by molar-refractivity contribution is 0.0526. The van der Waals surface area contributed by atoms with Gasteiger partial charge in [-0.3, -0.25) is 0 Å². The number of carbonyl (C=O) groups is 1. The molecule has 0 radical (unpaired) electrons. The third kappa shape index (κ3) is 11.5. The summed E-state index contributed by atoms with van der Waals surface area (Å²) in [6.45, 7) is 9.29. The molecule has 0 aromatic carbocycles. The van der Waals surface area contributed by atoms with Crippen molar-refractivity contribution in [1.82, 2.24) is 5.32 Å². The first-order valence-electron chi connectivity index (χ1n) is 6.15. The van der Waals surface area contributed by atoms with E-state index in [2.05, 4.69) is 5.32 Å². The molecule has 0 aromatic rings. The Kier molecular flexibility index (Phi) is 7.91. The van der Waals surface area contributed by atoms with Crippen molar-refractivity contribution in [2.24, 2.45) is 5.73 Å². The highest BCUT2D eigenvalue weighted by Crippen LogP contribution is 2.06. The Bertz CT molecular complexity index is 214. The molecule has 5 heteroatoms. The highest BCUT2D eigenvalue weighted by atomic mass is 16.6. The molecule has 0 saturated carbocycles. The van der Waals surface area contributed by atoms with Gasteiger partial charge in [-0.25, -0.2) is 4.79 Å². The molecule has 0 aliphatic rings. The SMILES string of the molecule is CCOCC(N)CCCNC(=O)OC(C)(C)C. The number of carbonyl (C=O) groups excluding carboxylic acids is 1. The Morgan fingerprint density at radius 2 is 2.06 bits per heavy atom. The topological polar surface area (TPSA) is 73.6 Å². The fraction of sp³-hybridized carbons (Fsp3) is 0.917. The standard InChI is InChI=1S/C12H26N2O3/c1-5-16-9-10(13)7-6-8-14-11(15)17-12(2,3)4/h10H,5-9,13H2,1-4H3,(H,14,15). The maximum Gasteiger partial charge on any atom is 0.407 e. The molecule has 0 saturated heterocycles. The molecular formula is C12H26N2O3. The summed E-state index contributed by atoms with van der Waals surface area (Å²) in [7, 11) is 0.